The van der Waals surface area contributed by atoms with E-state index in [0.29, 0.717) is 46.3 Å². The number of nitrogens with zero attached hydrogens (tertiary/aromatic N) is 7. The largest absolute Gasteiger partial charge is 0.444 e. The fourth-order valence-electron chi connectivity index (χ4n) is 6.72. The molecule has 0 spiro atoms. The molecule has 12 nitrogen and oxygen atoms in total. The van der Waals surface area contributed by atoms with E-state index < -0.39 is 6.09 Å². The van der Waals surface area contributed by atoms with Gasteiger partial charge < -0.3 is 19.7 Å². The Bertz CT molecular complexity index is 1720. The Morgan fingerprint density at radius 3 is 2.83 bits per heavy atom. The summed E-state index contributed by atoms with van der Waals surface area (Å²) in [5, 5.41) is 13.8. The zero-order valence-electron chi connectivity index (χ0n) is 23.3. The van der Waals surface area contributed by atoms with Crippen LogP contribution < -0.4 is 15.8 Å². The molecule has 216 valence electrons. The Morgan fingerprint density at radius 2 is 2.07 bits per heavy atom. The van der Waals surface area contributed by atoms with Gasteiger partial charge in [-0.3, -0.25) is 14.0 Å². The molecule has 41 heavy (non-hydrogen) atoms. The maximum atomic E-state index is 14.2. The summed E-state index contributed by atoms with van der Waals surface area (Å²) in [6, 6.07) is 3.85. The van der Waals surface area contributed by atoms with Crippen molar-refractivity contribution in [3.05, 3.63) is 33.7 Å². The number of aryl methyl sites for hydroxylation is 1. The van der Waals surface area contributed by atoms with Crippen LogP contribution in [0.25, 0.3) is 33.2 Å². The highest BCUT2D eigenvalue weighted by molar-refractivity contribution is 6.38. The van der Waals surface area contributed by atoms with Crippen molar-refractivity contribution in [2.24, 2.45) is 7.05 Å². The van der Waals surface area contributed by atoms with Crippen LogP contribution in [0.4, 0.5) is 10.7 Å². The summed E-state index contributed by atoms with van der Waals surface area (Å²) >= 11 is 6.97. The van der Waals surface area contributed by atoms with Crippen LogP contribution in [0.3, 0.4) is 0 Å². The van der Waals surface area contributed by atoms with Crippen LogP contribution in [-0.4, -0.2) is 67.0 Å². The van der Waals surface area contributed by atoms with Crippen LogP contribution in [0.15, 0.2) is 23.1 Å². The van der Waals surface area contributed by atoms with Gasteiger partial charge in [-0.25, -0.2) is 9.48 Å². The maximum absolute atomic E-state index is 14.2. The second-order valence-electron chi connectivity index (χ2n) is 11.1. The minimum Gasteiger partial charge on any atom is -0.444 e. The molecule has 3 fully saturated rings. The van der Waals surface area contributed by atoms with Crippen LogP contribution in [0.1, 0.15) is 51.7 Å². The third-order valence-corrected chi connectivity index (χ3v) is 9.17. The number of halogens is 1. The van der Waals surface area contributed by atoms with E-state index in [1.165, 1.54) is 0 Å². The summed E-state index contributed by atoms with van der Waals surface area (Å²) in [6.45, 7) is 3.36. The molecule has 1 amide bonds. The highest BCUT2D eigenvalue weighted by Gasteiger charge is 2.50. The van der Waals surface area contributed by atoms with E-state index in [0.717, 1.165) is 49.6 Å². The number of alkyl carbamates (subject to hydrolysis) is 1. The predicted octanol–water partition coefficient (Wildman–Crippen LogP) is 3.98. The van der Waals surface area contributed by atoms with Gasteiger partial charge in [0.2, 0.25) is 5.95 Å². The van der Waals surface area contributed by atoms with E-state index in [2.05, 4.69) is 15.3 Å². The highest BCUT2D eigenvalue weighted by Crippen LogP contribution is 2.43. The highest BCUT2D eigenvalue weighted by atomic mass is 35.5. The van der Waals surface area contributed by atoms with Crippen molar-refractivity contribution in [2.75, 3.05) is 18.6 Å². The molecule has 1 aromatic carbocycles. The SMILES string of the molecule is CCn1cc2c(Cl)c(-c3nn(C4CCCCO4)c4nc(N5[C@H]6CC[C@@H]5[C@H](OC(=O)NC)C6)n(C)c(=O)c34)ccc2n1. The number of anilines is 1. The Labute approximate surface area is 241 Å². The summed E-state index contributed by atoms with van der Waals surface area (Å²) in [7, 11) is 3.29. The molecule has 3 saturated heterocycles. The van der Waals surface area contributed by atoms with Crippen LogP contribution in [-0.2, 0) is 23.1 Å². The number of nitrogens with one attached hydrogen (secondary N) is 1. The summed E-state index contributed by atoms with van der Waals surface area (Å²) < 4.78 is 17.0. The molecule has 0 radical (unpaired) electrons. The first-order valence-electron chi connectivity index (χ1n) is 14.3. The summed E-state index contributed by atoms with van der Waals surface area (Å²) in [4.78, 5) is 33.5. The van der Waals surface area contributed by atoms with Gasteiger partial charge in [0.05, 0.1) is 16.6 Å². The number of benzene rings is 1. The number of fused-ring (bicyclic) bond motifs is 4. The Morgan fingerprint density at radius 1 is 1.22 bits per heavy atom. The number of amides is 1. The van der Waals surface area contributed by atoms with Gasteiger partial charge in [0.25, 0.3) is 5.56 Å². The van der Waals surface area contributed by atoms with E-state index in [1.807, 2.05) is 29.9 Å². The van der Waals surface area contributed by atoms with Gasteiger partial charge in [-0.15, -0.1) is 0 Å². The number of carbonyl (C=O) groups is 1. The van der Waals surface area contributed by atoms with Gasteiger partial charge in [-0.1, -0.05) is 11.6 Å². The molecule has 4 atom stereocenters. The van der Waals surface area contributed by atoms with Gasteiger partial charge in [-0.05, 0) is 51.2 Å². The number of aromatic nitrogens is 6. The zero-order chi connectivity index (χ0) is 28.4. The molecule has 4 aromatic rings. The first-order chi connectivity index (χ1) is 19.9. The Kier molecular flexibility index (Phi) is 6.42. The monoisotopic (exact) mass is 580 g/mol. The lowest BCUT2D eigenvalue weighted by Crippen LogP contribution is -2.39. The number of hydrogen-bond donors (Lipinski definition) is 1. The fraction of sp³-hybridized carbons (Fsp3) is 0.536. The molecular weight excluding hydrogens is 548 g/mol. The van der Waals surface area contributed by atoms with Crippen molar-refractivity contribution >= 4 is 45.6 Å². The molecule has 3 aliphatic rings. The molecule has 13 heteroatoms. The molecule has 2 bridgehead atoms. The average molecular weight is 581 g/mol. The summed E-state index contributed by atoms with van der Waals surface area (Å²) in [5.41, 5.74) is 2.18. The third-order valence-electron chi connectivity index (χ3n) is 8.76. The quantitative estimate of drug-likeness (QED) is 0.376. The lowest BCUT2D eigenvalue weighted by Gasteiger charge is -2.27. The van der Waals surface area contributed by atoms with Crippen molar-refractivity contribution in [1.82, 2.24) is 34.4 Å². The van der Waals surface area contributed by atoms with Crippen molar-refractivity contribution in [3.63, 3.8) is 0 Å². The summed E-state index contributed by atoms with van der Waals surface area (Å²) in [6.07, 6.45) is 6.12. The number of rotatable bonds is 5. The van der Waals surface area contributed by atoms with Crippen molar-refractivity contribution < 1.29 is 14.3 Å². The predicted molar refractivity (Wildman–Crippen MR) is 154 cm³/mol. The fourth-order valence-corrected chi connectivity index (χ4v) is 7.02. The lowest BCUT2D eigenvalue weighted by atomic mass is 9.98. The first-order valence-corrected chi connectivity index (χ1v) is 14.7. The summed E-state index contributed by atoms with van der Waals surface area (Å²) in [5.74, 6) is 0.548. The van der Waals surface area contributed by atoms with Gasteiger partial charge in [-0.2, -0.15) is 15.2 Å². The first kappa shape index (κ1) is 26.3. The van der Waals surface area contributed by atoms with Crippen molar-refractivity contribution in [2.45, 2.75) is 76.4 Å². The standard InChI is InChI=1S/C28H33ClN8O4/c1-4-35-14-17-18(32-35)10-9-16(23(17)29)24-22-25(37(33-24)21-7-5-6-12-40-21)31-27(34(3)26(22)38)36-15-8-11-19(36)20(13-15)41-28(39)30-2/h9-10,14-15,19-21H,4-8,11-13H2,1-3H3,(H,30,39)/t15-,19+,20+,21?/m0/s1. The van der Waals surface area contributed by atoms with Crippen molar-refractivity contribution in [1.29, 1.82) is 0 Å². The van der Waals surface area contributed by atoms with Gasteiger partial charge in [0, 0.05) is 56.9 Å². The number of ether oxygens (including phenoxy) is 2. The topological polar surface area (TPSA) is 121 Å². The lowest BCUT2D eigenvalue weighted by molar-refractivity contribution is -0.0368. The van der Waals surface area contributed by atoms with Gasteiger partial charge >= 0.3 is 6.09 Å². The smallest absolute Gasteiger partial charge is 0.407 e. The average Bonchev–Trinajstić information content (AvgIpc) is 3.76. The van der Waals surface area contributed by atoms with Gasteiger partial charge in [0.15, 0.2) is 11.9 Å². The minimum atomic E-state index is -0.449. The number of carbonyl (C=O) groups excluding carboxylic acids is 1. The van der Waals surface area contributed by atoms with E-state index in [1.54, 1.807) is 23.3 Å². The van der Waals surface area contributed by atoms with Crippen LogP contribution in [0.2, 0.25) is 5.02 Å². The second-order valence-corrected chi connectivity index (χ2v) is 11.4. The molecule has 3 aromatic heterocycles. The minimum absolute atomic E-state index is 0.0541. The van der Waals surface area contributed by atoms with Gasteiger partial charge in [0.1, 0.15) is 17.2 Å². The number of hydrogen-bond acceptors (Lipinski definition) is 8. The molecule has 1 N–H and O–H groups in total. The zero-order valence-corrected chi connectivity index (χ0v) is 24.1. The molecule has 1 unspecified atom stereocenters. The van der Waals surface area contributed by atoms with E-state index in [-0.39, 0.29) is 30.0 Å². The van der Waals surface area contributed by atoms with Crippen LogP contribution >= 0.6 is 11.6 Å². The molecular formula is C28H33ClN8O4. The normalized spacial score (nSPS) is 24.0. The third kappa shape index (κ3) is 4.10. The Hall–Kier alpha value is -3.64. The Balaban J connectivity index is 1.40. The second kappa shape index (κ2) is 10.0. The van der Waals surface area contributed by atoms with Crippen molar-refractivity contribution in [3.8, 4) is 11.3 Å². The molecule has 7 rings (SSSR count). The van der Waals surface area contributed by atoms with E-state index in [4.69, 9.17) is 31.2 Å². The van der Waals surface area contributed by atoms with Crippen LogP contribution in [0.5, 0.6) is 0 Å². The molecule has 3 aliphatic heterocycles. The van der Waals surface area contributed by atoms with E-state index in [9.17, 15) is 9.59 Å². The maximum Gasteiger partial charge on any atom is 0.407 e. The molecule has 6 heterocycles. The van der Waals surface area contributed by atoms with Crippen LogP contribution in [0, 0.1) is 0 Å². The molecule has 0 saturated carbocycles. The molecule has 0 aliphatic carbocycles. The van der Waals surface area contributed by atoms with E-state index >= 15 is 0 Å².